The number of amides is 2. The average Bonchev–Trinajstić information content (AvgIpc) is 2.63. The highest BCUT2D eigenvalue weighted by Crippen LogP contribution is 2.29. The van der Waals surface area contributed by atoms with Crippen molar-refractivity contribution >= 4 is 34.6 Å². The highest BCUT2D eigenvalue weighted by atomic mass is 32.2. The summed E-state index contributed by atoms with van der Waals surface area (Å²) in [5.41, 5.74) is 0.604. The van der Waals surface area contributed by atoms with E-state index in [0.717, 1.165) is 11.8 Å². The Labute approximate surface area is 160 Å². The van der Waals surface area contributed by atoms with Crippen LogP contribution in [0.15, 0.2) is 24.3 Å². The predicted octanol–water partition coefficient (Wildman–Crippen LogP) is 2.34. The second-order valence-corrected chi connectivity index (χ2v) is 7.16. The Morgan fingerprint density at radius 3 is 2.63 bits per heavy atom. The summed E-state index contributed by atoms with van der Waals surface area (Å²) in [6, 6.07) is 5.72. The molecule has 1 aromatic carbocycles. The van der Waals surface area contributed by atoms with Crippen molar-refractivity contribution in [2.24, 2.45) is 5.92 Å². The second kappa shape index (κ2) is 9.91. The number of hydrogen-bond acceptors (Lipinski definition) is 7. The van der Waals surface area contributed by atoms with Gasteiger partial charge in [0.2, 0.25) is 5.91 Å². The van der Waals surface area contributed by atoms with E-state index in [4.69, 9.17) is 4.74 Å². The van der Waals surface area contributed by atoms with Crippen LogP contribution >= 0.6 is 11.8 Å². The van der Waals surface area contributed by atoms with Crippen LogP contribution in [0.3, 0.4) is 0 Å². The lowest BCUT2D eigenvalue weighted by molar-refractivity contribution is -0.384. The molecule has 1 fully saturated rings. The van der Waals surface area contributed by atoms with Gasteiger partial charge >= 0.3 is 6.09 Å². The van der Waals surface area contributed by atoms with Crippen LogP contribution < -0.4 is 10.6 Å². The number of nitrogens with zero attached hydrogens (tertiary/aromatic N) is 1. The number of nitro benzene ring substituents is 1. The molecule has 1 aliphatic rings. The Morgan fingerprint density at radius 1 is 1.33 bits per heavy atom. The van der Waals surface area contributed by atoms with Crippen LogP contribution in [0.5, 0.6) is 0 Å². The van der Waals surface area contributed by atoms with E-state index in [1.165, 1.54) is 24.3 Å². The van der Waals surface area contributed by atoms with Crippen molar-refractivity contribution in [2.45, 2.75) is 38.2 Å². The maximum Gasteiger partial charge on any atom is 0.407 e. The van der Waals surface area contributed by atoms with Gasteiger partial charge in [-0.2, -0.15) is 0 Å². The molecule has 0 aromatic heterocycles. The molecular formula is C17H21N3O6S. The molecular weight excluding hydrogens is 374 g/mol. The topological polar surface area (TPSA) is 128 Å². The molecule has 146 valence electrons. The van der Waals surface area contributed by atoms with Crippen LogP contribution in [0.4, 0.5) is 10.5 Å². The minimum Gasteiger partial charge on any atom is -0.445 e. The number of nitrogens with one attached hydrogen (secondary N) is 2. The molecule has 0 aliphatic carbocycles. The number of alkyl carbamates (subject to hydrolysis) is 1. The van der Waals surface area contributed by atoms with E-state index in [-0.39, 0.29) is 41.0 Å². The Balaban J connectivity index is 1.57. The quantitative estimate of drug-likeness (QED) is 0.284. The minimum atomic E-state index is -0.620. The zero-order valence-electron chi connectivity index (χ0n) is 14.8. The van der Waals surface area contributed by atoms with E-state index >= 15 is 0 Å². The molecule has 2 amide bonds. The molecule has 1 saturated heterocycles. The second-order valence-electron chi connectivity index (χ2n) is 5.96. The van der Waals surface area contributed by atoms with Gasteiger partial charge in [0, 0.05) is 25.1 Å². The third-order valence-electron chi connectivity index (χ3n) is 4.03. The van der Waals surface area contributed by atoms with Gasteiger partial charge in [-0.1, -0.05) is 18.7 Å². The fourth-order valence-electron chi connectivity index (χ4n) is 2.44. The van der Waals surface area contributed by atoms with Crippen LogP contribution in [0.1, 0.15) is 31.7 Å². The first-order valence-electron chi connectivity index (χ1n) is 8.54. The number of thioether (sulfide) groups is 1. The molecule has 0 spiro atoms. The van der Waals surface area contributed by atoms with Crippen molar-refractivity contribution in [3.63, 3.8) is 0 Å². The number of β-lactam (4-membered cyclic amide) rings is 1. The fourth-order valence-corrected chi connectivity index (χ4v) is 3.64. The lowest BCUT2D eigenvalue weighted by Crippen LogP contribution is -2.56. The normalized spacial score (nSPS) is 18.2. The molecule has 27 heavy (non-hydrogen) atoms. The Hall–Kier alpha value is -2.62. The summed E-state index contributed by atoms with van der Waals surface area (Å²) in [7, 11) is 0. The lowest BCUT2D eigenvalue weighted by Gasteiger charge is -2.34. The lowest BCUT2D eigenvalue weighted by atomic mass is 9.99. The number of ether oxygens (including phenoxy) is 1. The summed E-state index contributed by atoms with van der Waals surface area (Å²) in [5.74, 6) is -0.119. The van der Waals surface area contributed by atoms with Gasteiger partial charge in [0.1, 0.15) is 6.61 Å². The molecule has 10 heteroatoms. The summed E-state index contributed by atoms with van der Waals surface area (Å²) in [6.07, 6.45) is 0.844. The van der Waals surface area contributed by atoms with Gasteiger partial charge in [-0.25, -0.2) is 4.79 Å². The number of hydrogen-bond donors (Lipinski definition) is 2. The van der Waals surface area contributed by atoms with Gasteiger partial charge in [-0.3, -0.25) is 19.7 Å². The third-order valence-corrected chi connectivity index (χ3v) is 5.20. The average molecular weight is 395 g/mol. The van der Waals surface area contributed by atoms with Gasteiger partial charge in [-0.15, -0.1) is 0 Å². The molecule has 1 heterocycles. The van der Waals surface area contributed by atoms with Crippen molar-refractivity contribution in [3.05, 3.63) is 39.9 Å². The minimum absolute atomic E-state index is 0.00159. The number of benzene rings is 1. The first-order chi connectivity index (χ1) is 12.9. The van der Waals surface area contributed by atoms with E-state index in [1.807, 2.05) is 6.92 Å². The fraction of sp³-hybridized carbons (Fsp3) is 0.471. The van der Waals surface area contributed by atoms with Crippen LogP contribution in [0.25, 0.3) is 0 Å². The SMILES string of the molecule is CCC1C(=O)NC1SC(=O)CCCNC(=O)OCc1ccc([N+](=O)[O-])cc1. The van der Waals surface area contributed by atoms with E-state index in [1.54, 1.807) is 0 Å². The van der Waals surface area contributed by atoms with Gasteiger partial charge in [0.05, 0.1) is 16.2 Å². The number of rotatable bonds is 9. The zero-order valence-corrected chi connectivity index (χ0v) is 15.6. The molecule has 9 nitrogen and oxygen atoms in total. The van der Waals surface area contributed by atoms with Crippen molar-refractivity contribution in [2.75, 3.05) is 6.54 Å². The van der Waals surface area contributed by atoms with E-state index in [2.05, 4.69) is 10.6 Å². The third kappa shape index (κ3) is 6.24. The Kier molecular flexibility index (Phi) is 7.59. The maximum atomic E-state index is 11.9. The van der Waals surface area contributed by atoms with Crippen molar-refractivity contribution in [1.29, 1.82) is 0 Å². The van der Waals surface area contributed by atoms with Crippen LogP contribution in [0.2, 0.25) is 0 Å². The highest BCUT2D eigenvalue weighted by Gasteiger charge is 2.39. The smallest absolute Gasteiger partial charge is 0.407 e. The maximum absolute atomic E-state index is 11.9. The molecule has 2 unspecified atom stereocenters. The van der Waals surface area contributed by atoms with Gasteiger partial charge < -0.3 is 15.4 Å². The van der Waals surface area contributed by atoms with Crippen molar-refractivity contribution in [3.8, 4) is 0 Å². The molecule has 2 rings (SSSR count). The molecule has 0 saturated carbocycles. The van der Waals surface area contributed by atoms with E-state index in [9.17, 15) is 24.5 Å². The Bertz CT molecular complexity index is 709. The molecule has 0 radical (unpaired) electrons. The van der Waals surface area contributed by atoms with Crippen molar-refractivity contribution < 1.29 is 24.0 Å². The van der Waals surface area contributed by atoms with Crippen LogP contribution in [-0.2, 0) is 20.9 Å². The first kappa shape index (κ1) is 20.7. The summed E-state index contributed by atoms with van der Waals surface area (Å²) in [5, 5.41) is 15.6. The first-order valence-corrected chi connectivity index (χ1v) is 9.42. The number of nitro groups is 1. The summed E-state index contributed by atoms with van der Waals surface area (Å²) in [4.78, 5) is 44.8. The van der Waals surface area contributed by atoms with Crippen LogP contribution in [0, 0.1) is 16.0 Å². The summed E-state index contributed by atoms with van der Waals surface area (Å²) >= 11 is 1.13. The number of carbonyl (C=O) groups excluding carboxylic acids is 3. The largest absolute Gasteiger partial charge is 0.445 e. The Morgan fingerprint density at radius 2 is 2.04 bits per heavy atom. The molecule has 2 N–H and O–H groups in total. The van der Waals surface area contributed by atoms with Crippen LogP contribution in [-0.4, -0.2) is 34.0 Å². The van der Waals surface area contributed by atoms with Gasteiger partial charge in [0.25, 0.3) is 5.69 Å². The molecule has 0 bridgehead atoms. The van der Waals surface area contributed by atoms with E-state index in [0.29, 0.717) is 24.9 Å². The number of non-ortho nitro benzene ring substituents is 1. The number of carbonyl (C=O) groups is 3. The molecule has 2 atom stereocenters. The molecule has 1 aliphatic heterocycles. The monoisotopic (exact) mass is 395 g/mol. The molecule has 1 aromatic rings. The predicted molar refractivity (Wildman–Crippen MR) is 98.8 cm³/mol. The zero-order chi connectivity index (χ0) is 19.8. The van der Waals surface area contributed by atoms with Gasteiger partial charge in [0.15, 0.2) is 5.12 Å². The highest BCUT2D eigenvalue weighted by molar-refractivity contribution is 8.14. The van der Waals surface area contributed by atoms with Crippen molar-refractivity contribution in [1.82, 2.24) is 10.6 Å². The van der Waals surface area contributed by atoms with E-state index < -0.39 is 11.0 Å². The summed E-state index contributed by atoms with van der Waals surface area (Å²) < 4.78 is 5.01. The van der Waals surface area contributed by atoms with Gasteiger partial charge in [-0.05, 0) is 30.5 Å². The summed E-state index contributed by atoms with van der Waals surface area (Å²) in [6.45, 7) is 2.20. The standard InChI is InChI=1S/C17H21N3O6S/c1-2-13-15(22)19-16(13)27-14(21)4-3-9-18-17(23)26-10-11-5-7-12(8-6-11)20(24)25/h5-8,13,16H,2-4,9-10H2,1H3,(H,18,23)(H,19,22).